The van der Waals surface area contributed by atoms with Gasteiger partial charge in [0, 0.05) is 18.8 Å². The van der Waals surface area contributed by atoms with E-state index in [0.29, 0.717) is 39.4 Å². The van der Waals surface area contributed by atoms with Crippen LogP contribution in [-0.2, 0) is 19.1 Å². The number of ketones is 2. The van der Waals surface area contributed by atoms with Crippen molar-refractivity contribution in [2.45, 2.75) is 59.8 Å². The molecule has 3 atom stereocenters. The fourth-order valence-corrected chi connectivity index (χ4v) is 2.86. The van der Waals surface area contributed by atoms with E-state index in [-0.39, 0.29) is 46.3 Å². The van der Waals surface area contributed by atoms with Crippen molar-refractivity contribution >= 4 is 92.0 Å². The Morgan fingerprint density at radius 3 is 1.82 bits per heavy atom. The van der Waals surface area contributed by atoms with Gasteiger partial charge in [-0.25, -0.2) is 0 Å². The second kappa shape index (κ2) is 20.6. The molecule has 0 heterocycles. The maximum atomic E-state index is 11.3. The normalized spacial score (nSPS) is 22.8. The molecule has 0 spiro atoms. The third-order valence-corrected chi connectivity index (χ3v) is 4.92. The Labute approximate surface area is 222 Å². The van der Waals surface area contributed by atoms with Crippen molar-refractivity contribution in [2.75, 3.05) is 0 Å². The molecule has 2 rings (SSSR count). The average molecular weight is 709 g/mol. The molecule has 1 saturated carbocycles. The molecule has 2 nitrogen and oxygen atoms in total. The van der Waals surface area contributed by atoms with E-state index >= 15 is 0 Å². The molecular formula is C20H36I2O2S3V. The van der Waals surface area contributed by atoms with Crippen LogP contribution in [0.25, 0.3) is 0 Å². The van der Waals surface area contributed by atoms with Gasteiger partial charge in [-0.3, -0.25) is 9.59 Å². The molecule has 0 aromatic carbocycles. The molecule has 2 aliphatic rings. The summed E-state index contributed by atoms with van der Waals surface area (Å²) in [6, 6.07) is 0. The molecule has 0 aromatic heterocycles. The molecule has 0 N–H and O–H groups in total. The van der Waals surface area contributed by atoms with E-state index in [1.165, 1.54) is 5.57 Å². The summed E-state index contributed by atoms with van der Waals surface area (Å²) in [7, 11) is 0.628. The second-order valence-electron chi connectivity index (χ2n) is 7.05. The van der Waals surface area contributed by atoms with Crippen LogP contribution in [0.15, 0.2) is 36.0 Å². The molecule has 0 saturated heterocycles. The summed E-state index contributed by atoms with van der Waals surface area (Å²) in [5.74, 6) is 1.86. The van der Waals surface area contributed by atoms with Gasteiger partial charge in [-0.2, -0.15) is 40.5 Å². The van der Waals surface area contributed by atoms with Crippen molar-refractivity contribution in [2.24, 2.45) is 17.8 Å². The SMILES string of the molecule is C=C(C)[C@H]1CC=C(C)C(=O)C1.C=C(C)[C@H]1CC[C@H](C)C(=O)C1.S.S.S.[I][V][I]. The zero-order valence-electron chi connectivity index (χ0n) is 17.3. The van der Waals surface area contributed by atoms with Crippen LogP contribution < -0.4 is 0 Å². The van der Waals surface area contributed by atoms with Gasteiger partial charge in [-0.05, 0) is 57.4 Å². The van der Waals surface area contributed by atoms with E-state index in [1.807, 2.05) is 33.8 Å². The third kappa shape index (κ3) is 15.5. The van der Waals surface area contributed by atoms with Crippen molar-refractivity contribution < 1.29 is 19.1 Å². The van der Waals surface area contributed by atoms with Crippen LogP contribution >= 0.6 is 80.4 Å². The van der Waals surface area contributed by atoms with Crippen LogP contribution in [0, 0.1) is 17.8 Å². The quantitative estimate of drug-likeness (QED) is 0.226. The Morgan fingerprint density at radius 2 is 1.46 bits per heavy atom. The summed E-state index contributed by atoms with van der Waals surface area (Å²) in [4.78, 5) is 22.5. The minimum atomic E-state index is 0. The first-order chi connectivity index (χ1) is 11.6. The Morgan fingerprint density at radius 1 is 1.00 bits per heavy atom. The van der Waals surface area contributed by atoms with Gasteiger partial charge in [0.2, 0.25) is 0 Å². The number of halogens is 2. The van der Waals surface area contributed by atoms with Crippen molar-refractivity contribution in [1.82, 2.24) is 0 Å². The fourth-order valence-electron chi connectivity index (χ4n) is 2.86. The minimum absolute atomic E-state index is 0. The van der Waals surface area contributed by atoms with Crippen molar-refractivity contribution in [3.05, 3.63) is 36.0 Å². The van der Waals surface area contributed by atoms with Gasteiger partial charge < -0.3 is 0 Å². The predicted molar refractivity (Wildman–Crippen MR) is 152 cm³/mol. The Kier molecular flexibility index (Phi) is 27.2. The van der Waals surface area contributed by atoms with Crippen LogP contribution in [0.4, 0.5) is 0 Å². The van der Waals surface area contributed by atoms with E-state index in [1.54, 1.807) is 0 Å². The number of hydrogen-bond donors (Lipinski definition) is 0. The molecular weight excluding hydrogens is 673 g/mol. The summed E-state index contributed by atoms with van der Waals surface area (Å²) in [5, 5.41) is 0. The first-order valence-electron chi connectivity index (χ1n) is 8.59. The molecule has 165 valence electrons. The van der Waals surface area contributed by atoms with Gasteiger partial charge in [0.1, 0.15) is 5.78 Å². The van der Waals surface area contributed by atoms with Gasteiger partial charge in [0.15, 0.2) is 5.78 Å². The molecule has 28 heavy (non-hydrogen) atoms. The number of allylic oxidation sites excluding steroid dienone is 4. The van der Waals surface area contributed by atoms with Crippen molar-refractivity contribution in [3.63, 3.8) is 0 Å². The van der Waals surface area contributed by atoms with Gasteiger partial charge >= 0.3 is 49.4 Å². The fraction of sp³-hybridized carbons (Fsp3) is 0.600. The van der Waals surface area contributed by atoms with Gasteiger partial charge in [-0.1, -0.05) is 37.3 Å². The Balaban J connectivity index is -0.000000165. The summed E-state index contributed by atoms with van der Waals surface area (Å²) >= 11 is 4.74. The number of rotatable bonds is 2. The number of hydrogen-bond acceptors (Lipinski definition) is 2. The van der Waals surface area contributed by atoms with Gasteiger partial charge in [-0.15, -0.1) is 0 Å². The Bertz CT molecular complexity index is 540. The molecule has 0 aromatic rings. The molecule has 2 aliphatic carbocycles. The topological polar surface area (TPSA) is 34.1 Å². The number of carbonyl (C=O) groups is 2. The Hall–Kier alpha value is 1.65. The van der Waals surface area contributed by atoms with E-state index < -0.39 is 0 Å². The van der Waals surface area contributed by atoms with Crippen molar-refractivity contribution in [3.8, 4) is 0 Å². The van der Waals surface area contributed by atoms with Gasteiger partial charge in [0.25, 0.3) is 0 Å². The van der Waals surface area contributed by atoms with Crippen LogP contribution in [0.2, 0.25) is 0 Å². The van der Waals surface area contributed by atoms with Crippen LogP contribution in [0.1, 0.15) is 59.8 Å². The monoisotopic (exact) mass is 709 g/mol. The molecule has 0 amide bonds. The molecule has 0 aliphatic heterocycles. The van der Waals surface area contributed by atoms with E-state index in [4.69, 9.17) is 0 Å². The predicted octanol–water partition coefficient (Wildman–Crippen LogP) is 7.16. The average Bonchev–Trinajstić information content (AvgIpc) is 2.53. The molecule has 8 heteroatoms. The van der Waals surface area contributed by atoms with E-state index in [0.717, 1.165) is 36.8 Å². The summed E-state index contributed by atoms with van der Waals surface area (Å²) < 4.78 is 0. The summed E-state index contributed by atoms with van der Waals surface area (Å²) in [6.07, 6.45) is 6.62. The number of Topliss-reactive ketones (excluding diaryl/α,β-unsaturated/α-hetero) is 2. The molecule has 1 fully saturated rings. The van der Waals surface area contributed by atoms with Crippen molar-refractivity contribution in [1.29, 1.82) is 0 Å². The third-order valence-electron chi connectivity index (χ3n) is 4.92. The molecule has 0 bridgehead atoms. The molecule has 0 unspecified atom stereocenters. The van der Waals surface area contributed by atoms with Gasteiger partial charge in [0.05, 0.1) is 0 Å². The summed E-state index contributed by atoms with van der Waals surface area (Å²) in [5.41, 5.74) is 3.22. The first-order valence-corrected chi connectivity index (χ1v) is 17.6. The summed E-state index contributed by atoms with van der Waals surface area (Å²) in [6.45, 7) is 15.7. The maximum absolute atomic E-state index is 11.3. The van der Waals surface area contributed by atoms with Crippen LogP contribution in [0.5, 0.6) is 0 Å². The van der Waals surface area contributed by atoms with Crippen LogP contribution in [-0.4, -0.2) is 11.6 Å². The molecule has 0 radical (unpaired) electrons. The van der Waals surface area contributed by atoms with Crippen LogP contribution in [0.3, 0.4) is 0 Å². The van der Waals surface area contributed by atoms with E-state index in [2.05, 4.69) is 53.1 Å². The zero-order valence-corrected chi connectivity index (χ0v) is 26.0. The number of carbonyl (C=O) groups excluding carboxylic acids is 2. The van der Waals surface area contributed by atoms with E-state index in [9.17, 15) is 9.59 Å². The standard InChI is InChI=1S/C10H16O.C10H14O.2HI.3H2S.V/c2*1-7(2)9-5-4-8(3)10(11)6-9;;;;;;/h8-9H,1,4-6H2,2-3H3;4,9H,1,5-6H2,2-3H3;2*1H;3*1H2;/q;;;;;;;+2/p-2/t8-,9-;9-;;;;;;/m00....../s1. The second-order valence-corrected chi connectivity index (χ2v) is 18.8. The zero-order chi connectivity index (χ0) is 19.6. The first kappa shape index (κ1) is 37.0.